The van der Waals surface area contributed by atoms with Crippen molar-refractivity contribution in [2.75, 3.05) is 38.5 Å². The smallest absolute Gasteiger partial charge is 0.214 e. The lowest BCUT2D eigenvalue weighted by Gasteiger charge is -2.32. The van der Waals surface area contributed by atoms with Gasteiger partial charge in [-0.25, -0.2) is 12.7 Å². The van der Waals surface area contributed by atoms with Crippen LogP contribution in [0, 0.1) is 5.92 Å². The second-order valence-corrected chi connectivity index (χ2v) is 8.23. The maximum atomic E-state index is 12.1. The first kappa shape index (κ1) is 20.2. The summed E-state index contributed by atoms with van der Waals surface area (Å²) in [6, 6.07) is 0.227. The average molecular weight is 349 g/mol. The average Bonchev–Trinajstić information content (AvgIpc) is 2.53. The monoisotopic (exact) mass is 348 g/mol. The van der Waals surface area contributed by atoms with Gasteiger partial charge in [-0.1, -0.05) is 13.8 Å². The van der Waals surface area contributed by atoms with E-state index < -0.39 is 10.0 Å². The molecule has 3 N–H and O–H groups in total. The normalized spacial score (nSPS) is 19.6. The molecule has 0 spiro atoms. The fraction of sp³-hybridized carbons (Fsp3) is 0.933. The lowest BCUT2D eigenvalue weighted by Crippen LogP contribution is -2.50. The van der Waals surface area contributed by atoms with Crippen molar-refractivity contribution in [1.82, 2.24) is 14.9 Å². The number of nitrogens with one attached hydrogen (secondary N) is 2. The predicted octanol–water partition coefficient (Wildman–Crippen LogP) is 0.374. The Bertz CT molecular complexity index is 459. The van der Waals surface area contributed by atoms with Crippen molar-refractivity contribution in [3.8, 4) is 0 Å². The highest BCUT2D eigenvalue weighted by atomic mass is 32.2. The van der Waals surface area contributed by atoms with Crippen LogP contribution in [0.1, 0.15) is 40.0 Å². The molecule has 8 heteroatoms. The SMILES string of the molecule is CCCS(=O)(=O)N1CCC(NC(=NCC(C)CO)NCC)CC1. The van der Waals surface area contributed by atoms with Gasteiger partial charge in [0.25, 0.3) is 0 Å². The fourth-order valence-corrected chi connectivity index (χ4v) is 4.02. The zero-order chi connectivity index (χ0) is 17.3. The van der Waals surface area contributed by atoms with E-state index in [9.17, 15) is 8.42 Å². The van der Waals surface area contributed by atoms with Crippen molar-refractivity contribution in [3.05, 3.63) is 0 Å². The van der Waals surface area contributed by atoms with Crippen LogP contribution in [0.25, 0.3) is 0 Å². The van der Waals surface area contributed by atoms with Gasteiger partial charge in [0.05, 0.1) is 5.75 Å². The molecule has 1 atom stereocenters. The Morgan fingerprint density at radius 3 is 2.52 bits per heavy atom. The number of aliphatic hydroxyl groups excluding tert-OH is 1. The number of guanidine groups is 1. The van der Waals surface area contributed by atoms with Gasteiger partial charge in [0, 0.05) is 38.8 Å². The highest BCUT2D eigenvalue weighted by Gasteiger charge is 2.27. The van der Waals surface area contributed by atoms with E-state index in [1.165, 1.54) is 0 Å². The second-order valence-electron chi connectivity index (χ2n) is 6.14. The van der Waals surface area contributed by atoms with Crippen LogP contribution in [0.5, 0.6) is 0 Å². The van der Waals surface area contributed by atoms with E-state index >= 15 is 0 Å². The van der Waals surface area contributed by atoms with Gasteiger partial charge in [-0.15, -0.1) is 0 Å². The Kier molecular flexibility index (Phi) is 8.86. The maximum Gasteiger partial charge on any atom is 0.214 e. The van der Waals surface area contributed by atoms with Crippen LogP contribution in [0.2, 0.25) is 0 Å². The van der Waals surface area contributed by atoms with Crippen LogP contribution in [-0.2, 0) is 10.0 Å². The van der Waals surface area contributed by atoms with Crippen molar-refractivity contribution in [2.45, 2.75) is 46.1 Å². The molecule has 0 bridgehead atoms. The minimum Gasteiger partial charge on any atom is -0.396 e. The first-order valence-electron chi connectivity index (χ1n) is 8.56. The summed E-state index contributed by atoms with van der Waals surface area (Å²) in [6.45, 7) is 8.42. The van der Waals surface area contributed by atoms with Crippen LogP contribution in [0.15, 0.2) is 4.99 Å². The lowest BCUT2D eigenvalue weighted by atomic mass is 10.1. The number of aliphatic hydroxyl groups is 1. The third kappa shape index (κ3) is 7.05. The largest absolute Gasteiger partial charge is 0.396 e. The molecule has 0 aliphatic carbocycles. The number of sulfonamides is 1. The van der Waals surface area contributed by atoms with Gasteiger partial charge in [0.1, 0.15) is 0 Å². The van der Waals surface area contributed by atoms with Crippen molar-refractivity contribution in [3.63, 3.8) is 0 Å². The summed E-state index contributed by atoms with van der Waals surface area (Å²) in [7, 11) is -3.09. The van der Waals surface area contributed by atoms with E-state index in [0.29, 0.717) is 26.1 Å². The number of aliphatic imine (C=N–C) groups is 1. The number of rotatable bonds is 8. The molecule has 0 aromatic rings. The van der Waals surface area contributed by atoms with Crippen molar-refractivity contribution >= 4 is 16.0 Å². The van der Waals surface area contributed by atoms with E-state index in [1.54, 1.807) is 4.31 Å². The summed E-state index contributed by atoms with van der Waals surface area (Å²) in [6.07, 6.45) is 2.21. The Morgan fingerprint density at radius 1 is 1.35 bits per heavy atom. The summed E-state index contributed by atoms with van der Waals surface area (Å²) in [4.78, 5) is 4.48. The fourth-order valence-electron chi connectivity index (χ4n) is 2.48. The van der Waals surface area contributed by atoms with Crippen LogP contribution in [0.4, 0.5) is 0 Å². The van der Waals surface area contributed by atoms with Crippen LogP contribution < -0.4 is 10.6 Å². The molecular weight excluding hydrogens is 316 g/mol. The van der Waals surface area contributed by atoms with Crippen molar-refractivity contribution in [2.24, 2.45) is 10.9 Å². The molecule has 1 aliphatic rings. The Hall–Kier alpha value is -0.860. The van der Waals surface area contributed by atoms with Gasteiger partial charge in [0.15, 0.2) is 5.96 Å². The van der Waals surface area contributed by atoms with Crippen LogP contribution >= 0.6 is 0 Å². The highest BCUT2D eigenvalue weighted by Crippen LogP contribution is 2.15. The minimum absolute atomic E-state index is 0.122. The van der Waals surface area contributed by atoms with Gasteiger partial charge in [0.2, 0.25) is 10.0 Å². The van der Waals surface area contributed by atoms with Gasteiger partial charge in [-0.3, -0.25) is 4.99 Å². The molecule has 23 heavy (non-hydrogen) atoms. The van der Waals surface area contributed by atoms with Gasteiger partial charge >= 0.3 is 0 Å². The Labute approximate surface area is 140 Å². The van der Waals surface area contributed by atoms with Crippen LogP contribution in [0.3, 0.4) is 0 Å². The van der Waals surface area contributed by atoms with E-state index in [4.69, 9.17) is 5.11 Å². The van der Waals surface area contributed by atoms with E-state index in [1.807, 2.05) is 20.8 Å². The number of nitrogens with zero attached hydrogens (tertiary/aromatic N) is 2. The molecule has 0 saturated carbocycles. The molecule has 0 amide bonds. The Morgan fingerprint density at radius 2 is 2.00 bits per heavy atom. The summed E-state index contributed by atoms with van der Waals surface area (Å²) in [5, 5.41) is 15.6. The highest BCUT2D eigenvalue weighted by molar-refractivity contribution is 7.89. The molecule has 0 aromatic heterocycles. The molecule has 0 aromatic carbocycles. The van der Waals surface area contributed by atoms with Crippen LogP contribution in [-0.4, -0.2) is 68.4 Å². The Balaban J connectivity index is 2.52. The van der Waals surface area contributed by atoms with Crippen molar-refractivity contribution in [1.29, 1.82) is 0 Å². The quantitative estimate of drug-likeness (QED) is 0.435. The molecule has 1 rings (SSSR count). The molecule has 1 aliphatic heterocycles. The van der Waals surface area contributed by atoms with E-state index in [0.717, 1.165) is 25.3 Å². The molecule has 1 saturated heterocycles. The molecule has 1 fully saturated rings. The number of hydrogen-bond donors (Lipinski definition) is 3. The first-order chi connectivity index (χ1) is 10.9. The lowest BCUT2D eigenvalue weighted by molar-refractivity contribution is 0.241. The first-order valence-corrected chi connectivity index (χ1v) is 10.2. The zero-order valence-electron chi connectivity index (χ0n) is 14.6. The molecule has 1 heterocycles. The zero-order valence-corrected chi connectivity index (χ0v) is 15.4. The summed E-state index contributed by atoms with van der Waals surface area (Å²) in [5.41, 5.74) is 0. The van der Waals surface area contributed by atoms with Gasteiger partial charge in [-0.2, -0.15) is 0 Å². The van der Waals surface area contributed by atoms with Gasteiger partial charge < -0.3 is 15.7 Å². The predicted molar refractivity (Wildman–Crippen MR) is 94.0 cm³/mol. The van der Waals surface area contributed by atoms with Crippen molar-refractivity contribution < 1.29 is 13.5 Å². The molecule has 136 valence electrons. The topological polar surface area (TPSA) is 94.0 Å². The summed E-state index contributed by atoms with van der Waals surface area (Å²) in [5.74, 6) is 1.10. The summed E-state index contributed by atoms with van der Waals surface area (Å²) >= 11 is 0. The minimum atomic E-state index is -3.09. The third-order valence-corrected chi connectivity index (χ3v) is 5.94. The molecular formula is C15H32N4O3S. The van der Waals surface area contributed by atoms with E-state index in [-0.39, 0.29) is 24.3 Å². The second kappa shape index (κ2) is 10.1. The maximum absolute atomic E-state index is 12.1. The van der Waals surface area contributed by atoms with Gasteiger partial charge in [-0.05, 0) is 32.1 Å². The molecule has 1 unspecified atom stereocenters. The summed E-state index contributed by atoms with van der Waals surface area (Å²) < 4.78 is 25.8. The molecule has 7 nitrogen and oxygen atoms in total. The van der Waals surface area contributed by atoms with E-state index in [2.05, 4.69) is 15.6 Å². The number of piperidine rings is 1. The molecule has 0 radical (unpaired) electrons. The standard InChI is InChI=1S/C15H32N4O3S/c1-4-10-23(21,22)19-8-6-14(7-9-19)18-15(16-5-2)17-11-13(3)12-20/h13-14,20H,4-12H2,1-3H3,(H2,16,17,18). The third-order valence-electron chi connectivity index (χ3n) is 3.87. The number of hydrogen-bond acceptors (Lipinski definition) is 4.